The van der Waals surface area contributed by atoms with Gasteiger partial charge in [0.05, 0.1) is 11.1 Å². The van der Waals surface area contributed by atoms with E-state index in [1.807, 2.05) is 13.8 Å². The Morgan fingerprint density at radius 2 is 2.14 bits per heavy atom. The molecular weight excluding hydrogens is 404 g/mol. The van der Waals surface area contributed by atoms with Crippen LogP contribution < -0.4 is 20.9 Å². The predicted octanol–water partition coefficient (Wildman–Crippen LogP) is 2.52. The number of nitrogens with one attached hydrogen (secondary N) is 3. The molecule has 4 rings (SSSR count). The average molecular weight is 419 g/mol. The second kappa shape index (κ2) is 6.92. The zero-order valence-corrected chi connectivity index (χ0v) is 16.5. The number of hydrogen-bond donors (Lipinski definition) is 3. The Morgan fingerprint density at radius 1 is 1.36 bits per heavy atom. The number of halogens is 1. The highest BCUT2D eigenvalue weighted by molar-refractivity contribution is 7.18. The summed E-state index contributed by atoms with van der Waals surface area (Å²) in [6.45, 7) is 3.78. The van der Waals surface area contributed by atoms with Crippen molar-refractivity contribution in [3.05, 3.63) is 49.3 Å². The molecule has 1 aromatic carbocycles. The van der Waals surface area contributed by atoms with E-state index in [0.717, 1.165) is 10.4 Å². The number of anilines is 1. The van der Waals surface area contributed by atoms with E-state index in [-0.39, 0.29) is 30.4 Å². The van der Waals surface area contributed by atoms with Gasteiger partial charge in [0.2, 0.25) is 5.82 Å². The number of aromatic amines is 1. The van der Waals surface area contributed by atoms with Crippen LogP contribution in [0.5, 0.6) is 5.75 Å². The van der Waals surface area contributed by atoms with E-state index in [1.165, 1.54) is 11.3 Å². The van der Waals surface area contributed by atoms with Crippen LogP contribution >= 0.6 is 22.9 Å². The van der Waals surface area contributed by atoms with Gasteiger partial charge in [-0.25, -0.2) is 4.98 Å². The summed E-state index contributed by atoms with van der Waals surface area (Å²) < 4.78 is 5.30. The van der Waals surface area contributed by atoms with Crippen molar-refractivity contribution in [2.24, 2.45) is 0 Å². The lowest BCUT2D eigenvalue weighted by Crippen LogP contribution is -2.28. The van der Waals surface area contributed by atoms with Crippen molar-refractivity contribution in [3.63, 3.8) is 0 Å². The third-order valence-corrected chi connectivity index (χ3v) is 5.93. The van der Waals surface area contributed by atoms with Gasteiger partial charge in [-0.15, -0.1) is 11.3 Å². The molecule has 2 amide bonds. The number of hydrogen-bond acceptors (Lipinski definition) is 6. The van der Waals surface area contributed by atoms with Crippen LogP contribution in [0.3, 0.4) is 0 Å². The minimum atomic E-state index is -0.531. The Morgan fingerprint density at radius 3 is 2.93 bits per heavy atom. The number of benzene rings is 1. The summed E-state index contributed by atoms with van der Waals surface area (Å²) in [4.78, 5) is 44.6. The van der Waals surface area contributed by atoms with E-state index in [1.54, 1.807) is 12.1 Å². The summed E-state index contributed by atoms with van der Waals surface area (Å²) in [5, 5.41) is 6.26. The van der Waals surface area contributed by atoms with Crippen LogP contribution in [0.15, 0.2) is 16.9 Å². The maximum atomic E-state index is 12.5. The third-order valence-electron chi connectivity index (χ3n) is 4.48. The summed E-state index contributed by atoms with van der Waals surface area (Å²) in [5.74, 6) is -0.387. The number of H-pyrrole nitrogens is 1. The number of thiophene rings is 1. The lowest BCUT2D eigenvalue weighted by Gasteiger charge is -2.19. The van der Waals surface area contributed by atoms with E-state index in [4.69, 9.17) is 16.3 Å². The van der Waals surface area contributed by atoms with E-state index in [2.05, 4.69) is 20.6 Å². The molecule has 28 heavy (non-hydrogen) atoms. The van der Waals surface area contributed by atoms with Crippen molar-refractivity contribution in [1.29, 1.82) is 0 Å². The van der Waals surface area contributed by atoms with Crippen LogP contribution in [0.2, 0.25) is 5.02 Å². The lowest BCUT2D eigenvalue weighted by molar-refractivity contribution is -0.118. The fourth-order valence-electron chi connectivity index (χ4n) is 2.90. The summed E-state index contributed by atoms with van der Waals surface area (Å²) >= 11 is 7.61. The minimum Gasteiger partial charge on any atom is -0.482 e. The first-order chi connectivity index (χ1) is 13.3. The molecule has 0 saturated heterocycles. The van der Waals surface area contributed by atoms with Crippen LogP contribution in [0.1, 0.15) is 26.6 Å². The molecule has 2 aromatic heterocycles. The van der Waals surface area contributed by atoms with Gasteiger partial charge in [-0.1, -0.05) is 11.6 Å². The second-order valence-corrected chi connectivity index (χ2v) is 7.95. The Balaban J connectivity index is 1.57. The molecule has 0 aliphatic carbocycles. The number of ether oxygens (including phenoxy) is 1. The van der Waals surface area contributed by atoms with Crippen LogP contribution in [0, 0.1) is 13.8 Å². The van der Waals surface area contributed by atoms with Crippen molar-refractivity contribution in [1.82, 2.24) is 15.3 Å². The molecular formula is C18H15ClN4O4S. The maximum absolute atomic E-state index is 12.5. The molecule has 0 saturated carbocycles. The van der Waals surface area contributed by atoms with E-state index >= 15 is 0 Å². The third kappa shape index (κ3) is 3.23. The number of rotatable bonds is 3. The Kier molecular flexibility index (Phi) is 4.56. The van der Waals surface area contributed by atoms with E-state index in [0.29, 0.717) is 32.2 Å². The topological polar surface area (TPSA) is 113 Å². The average Bonchev–Trinajstić information content (AvgIpc) is 2.94. The highest BCUT2D eigenvalue weighted by atomic mass is 35.5. The van der Waals surface area contributed by atoms with E-state index < -0.39 is 5.91 Å². The Bertz CT molecular complexity index is 1200. The highest BCUT2D eigenvalue weighted by Gasteiger charge is 2.19. The first kappa shape index (κ1) is 18.5. The number of fused-ring (bicyclic) bond motifs is 2. The van der Waals surface area contributed by atoms with Gasteiger partial charge in [0.15, 0.2) is 6.61 Å². The molecule has 144 valence electrons. The SMILES string of the molecule is Cc1sc2nc(C(=O)NCc3cc4c(cc3Cl)OCC(=O)N4)[nH]c(=O)c2c1C. The maximum Gasteiger partial charge on any atom is 0.287 e. The molecule has 0 unspecified atom stereocenters. The number of nitrogens with zero attached hydrogens (tertiary/aromatic N) is 1. The number of carbonyl (C=O) groups excluding carboxylic acids is 2. The molecule has 3 N–H and O–H groups in total. The molecule has 3 heterocycles. The molecule has 3 aromatic rings. The zero-order chi connectivity index (χ0) is 20.0. The molecule has 0 bridgehead atoms. The molecule has 0 spiro atoms. The van der Waals surface area contributed by atoms with Gasteiger partial charge in [-0.05, 0) is 31.0 Å². The molecule has 10 heteroatoms. The Hall–Kier alpha value is -2.91. The van der Waals surface area contributed by atoms with Crippen LogP contribution in [0.25, 0.3) is 10.2 Å². The fourth-order valence-corrected chi connectivity index (χ4v) is 4.15. The van der Waals surface area contributed by atoms with Crippen molar-refractivity contribution in [3.8, 4) is 5.75 Å². The lowest BCUT2D eigenvalue weighted by atomic mass is 10.1. The first-order valence-corrected chi connectivity index (χ1v) is 9.56. The van der Waals surface area contributed by atoms with Crippen LogP contribution in [-0.2, 0) is 11.3 Å². The van der Waals surface area contributed by atoms with Gasteiger partial charge in [0, 0.05) is 22.5 Å². The van der Waals surface area contributed by atoms with E-state index in [9.17, 15) is 14.4 Å². The standard InChI is InChI=1S/C18H15ClN4O4S/c1-7-8(2)28-18-14(7)16(25)22-15(23-18)17(26)20-5-9-3-11-12(4-10(9)19)27-6-13(24)21-11/h3-4H,5-6H2,1-2H3,(H,20,26)(H,21,24)(H,22,23,25). The zero-order valence-electron chi connectivity index (χ0n) is 14.9. The summed E-state index contributed by atoms with van der Waals surface area (Å²) in [6.07, 6.45) is 0. The predicted molar refractivity (Wildman–Crippen MR) is 106 cm³/mol. The second-order valence-electron chi connectivity index (χ2n) is 6.34. The van der Waals surface area contributed by atoms with Crippen LogP contribution in [-0.4, -0.2) is 28.4 Å². The number of carbonyl (C=O) groups is 2. The number of aryl methyl sites for hydroxylation is 2. The Labute approximate surface area is 167 Å². The summed E-state index contributed by atoms with van der Waals surface area (Å²) in [5.41, 5.74) is 1.60. The van der Waals surface area contributed by atoms with Gasteiger partial charge in [-0.3, -0.25) is 14.4 Å². The molecule has 1 aliphatic heterocycles. The van der Waals surface area contributed by atoms with Gasteiger partial charge in [0.1, 0.15) is 10.6 Å². The smallest absolute Gasteiger partial charge is 0.287 e. The quantitative estimate of drug-likeness (QED) is 0.604. The fraction of sp³-hybridized carbons (Fsp3) is 0.222. The van der Waals surface area contributed by atoms with Crippen molar-refractivity contribution >= 4 is 50.7 Å². The monoisotopic (exact) mass is 418 g/mol. The summed E-state index contributed by atoms with van der Waals surface area (Å²) in [7, 11) is 0. The first-order valence-electron chi connectivity index (χ1n) is 8.36. The van der Waals surface area contributed by atoms with Crippen LogP contribution in [0.4, 0.5) is 5.69 Å². The van der Waals surface area contributed by atoms with Gasteiger partial charge < -0.3 is 20.4 Å². The normalized spacial score (nSPS) is 13.0. The van der Waals surface area contributed by atoms with Gasteiger partial charge in [-0.2, -0.15) is 0 Å². The van der Waals surface area contributed by atoms with Crippen molar-refractivity contribution < 1.29 is 14.3 Å². The minimum absolute atomic E-state index is 0.0653. The van der Waals surface area contributed by atoms with Gasteiger partial charge in [0.25, 0.3) is 17.4 Å². The molecule has 8 nitrogen and oxygen atoms in total. The summed E-state index contributed by atoms with van der Waals surface area (Å²) in [6, 6.07) is 3.22. The highest BCUT2D eigenvalue weighted by Crippen LogP contribution is 2.33. The molecule has 0 atom stereocenters. The number of amides is 2. The van der Waals surface area contributed by atoms with Gasteiger partial charge >= 0.3 is 0 Å². The van der Waals surface area contributed by atoms with Crippen molar-refractivity contribution in [2.75, 3.05) is 11.9 Å². The largest absolute Gasteiger partial charge is 0.482 e. The molecule has 0 radical (unpaired) electrons. The number of aromatic nitrogens is 2. The molecule has 0 fully saturated rings. The van der Waals surface area contributed by atoms with Crippen molar-refractivity contribution in [2.45, 2.75) is 20.4 Å². The molecule has 1 aliphatic rings.